The Labute approximate surface area is 64.5 Å². The SMILES string of the molecule is [2H]c1cc(C(=O)O)ccc1Cl. The number of aromatic carboxylic acids is 1. The van der Waals surface area contributed by atoms with Gasteiger partial charge in [0.2, 0.25) is 0 Å². The summed E-state index contributed by atoms with van der Waals surface area (Å²) in [4.78, 5) is 10.3. The van der Waals surface area contributed by atoms with Gasteiger partial charge in [-0.25, -0.2) is 4.79 Å². The highest BCUT2D eigenvalue weighted by molar-refractivity contribution is 6.30. The lowest BCUT2D eigenvalue weighted by Crippen LogP contribution is -1.94. The second-order valence-electron chi connectivity index (χ2n) is 1.73. The monoisotopic (exact) mass is 157 g/mol. The van der Waals surface area contributed by atoms with Crippen LogP contribution in [0, 0.1) is 0 Å². The van der Waals surface area contributed by atoms with Gasteiger partial charge in [-0.3, -0.25) is 0 Å². The third-order valence-corrected chi connectivity index (χ3v) is 1.26. The van der Waals surface area contributed by atoms with Crippen LogP contribution in [0.4, 0.5) is 0 Å². The molecule has 52 valence electrons. The minimum absolute atomic E-state index is 0.0339. The van der Waals surface area contributed by atoms with Crippen molar-refractivity contribution in [2.24, 2.45) is 0 Å². The average Bonchev–Trinajstić information content (AvgIpc) is 1.94. The summed E-state index contributed by atoms with van der Waals surface area (Å²) in [5.74, 6) is -1.05. The summed E-state index contributed by atoms with van der Waals surface area (Å²) in [7, 11) is 0. The molecule has 0 aromatic heterocycles. The van der Waals surface area contributed by atoms with Crippen molar-refractivity contribution in [1.29, 1.82) is 0 Å². The van der Waals surface area contributed by atoms with Gasteiger partial charge in [-0.15, -0.1) is 0 Å². The highest BCUT2D eigenvalue weighted by atomic mass is 35.5. The first-order valence-corrected chi connectivity index (χ1v) is 2.98. The maximum atomic E-state index is 10.3. The molecular weight excluding hydrogens is 152 g/mol. The molecule has 0 aliphatic carbocycles. The van der Waals surface area contributed by atoms with E-state index in [1.165, 1.54) is 18.2 Å². The Bertz CT molecular complexity index is 298. The molecule has 0 fully saturated rings. The highest BCUT2D eigenvalue weighted by Gasteiger charge is 1.99. The molecule has 1 rings (SSSR count). The van der Waals surface area contributed by atoms with Crippen LogP contribution in [-0.2, 0) is 0 Å². The number of carbonyl (C=O) groups is 1. The first-order valence-electron chi connectivity index (χ1n) is 3.10. The lowest BCUT2D eigenvalue weighted by atomic mass is 10.2. The van der Waals surface area contributed by atoms with Gasteiger partial charge < -0.3 is 5.11 Å². The summed E-state index contributed by atoms with van der Waals surface area (Å²) in [5.41, 5.74) is 0.0828. The number of benzene rings is 1. The molecule has 0 radical (unpaired) electrons. The standard InChI is InChI=1S/C7H5ClO2/c8-6-3-1-5(2-4-6)7(9)10/h1-4H,(H,9,10)/i3D. The predicted molar refractivity (Wildman–Crippen MR) is 38.4 cm³/mol. The molecule has 2 nitrogen and oxygen atoms in total. The van der Waals surface area contributed by atoms with E-state index >= 15 is 0 Å². The molecule has 1 aromatic rings. The van der Waals surface area contributed by atoms with E-state index in [9.17, 15) is 4.79 Å². The molecule has 0 saturated heterocycles. The van der Waals surface area contributed by atoms with Crippen LogP contribution >= 0.6 is 11.6 Å². The van der Waals surface area contributed by atoms with Gasteiger partial charge in [0.25, 0.3) is 0 Å². The van der Waals surface area contributed by atoms with E-state index in [1.54, 1.807) is 0 Å². The summed E-state index contributed by atoms with van der Waals surface area (Å²) in [5, 5.41) is 8.73. The average molecular weight is 158 g/mol. The summed E-state index contributed by atoms with van der Waals surface area (Å²) >= 11 is 5.50. The lowest BCUT2D eigenvalue weighted by Gasteiger charge is -1.91. The van der Waals surface area contributed by atoms with Gasteiger partial charge in [-0.05, 0) is 24.2 Å². The smallest absolute Gasteiger partial charge is 0.335 e. The van der Waals surface area contributed by atoms with E-state index in [4.69, 9.17) is 18.1 Å². The fourth-order valence-corrected chi connectivity index (χ4v) is 0.656. The molecular formula is C7H5ClO2. The van der Waals surface area contributed by atoms with E-state index in [1.807, 2.05) is 0 Å². The van der Waals surface area contributed by atoms with Crippen LogP contribution in [0.3, 0.4) is 0 Å². The fraction of sp³-hybridized carbons (Fsp3) is 0. The molecule has 3 heteroatoms. The maximum absolute atomic E-state index is 10.3. The molecule has 0 aliphatic heterocycles. The zero-order valence-electron chi connectivity index (χ0n) is 5.97. The largest absolute Gasteiger partial charge is 0.478 e. The molecule has 0 spiro atoms. The normalized spacial score (nSPS) is 10.7. The van der Waals surface area contributed by atoms with Gasteiger partial charge in [0, 0.05) is 5.02 Å². The van der Waals surface area contributed by atoms with Crippen LogP contribution in [0.2, 0.25) is 5.02 Å². The first-order chi connectivity index (χ1) is 5.11. The molecule has 0 bridgehead atoms. The molecule has 0 atom stereocenters. The van der Waals surface area contributed by atoms with E-state index in [0.717, 1.165) is 0 Å². The maximum Gasteiger partial charge on any atom is 0.335 e. The lowest BCUT2D eigenvalue weighted by molar-refractivity contribution is 0.0697. The van der Waals surface area contributed by atoms with Gasteiger partial charge in [0.05, 0.1) is 6.93 Å². The minimum atomic E-state index is -1.05. The van der Waals surface area contributed by atoms with Crippen molar-refractivity contribution in [2.75, 3.05) is 0 Å². The molecule has 0 saturated carbocycles. The molecule has 0 aliphatic rings. The number of hydrogen-bond acceptors (Lipinski definition) is 1. The van der Waals surface area contributed by atoms with Gasteiger partial charge in [-0.2, -0.15) is 0 Å². The van der Waals surface area contributed by atoms with Crippen molar-refractivity contribution in [3.05, 3.63) is 34.8 Å². The third-order valence-electron chi connectivity index (χ3n) is 1.02. The Morgan fingerprint density at radius 1 is 1.60 bits per heavy atom. The van der Waals surface area contributed by atoms with Gasteiger partial charge in [0.1, 0.15) is 0 Å². The fourth-order valence-electron chi connectivity index (χ4n) is 0.539. The van der Waals surface area contributed by atoms with E-state index in [2.05, 4.69) is 0 Å². The Balaban J connectivity index is 3.15. The van der Waals surface area contributed by atoms with Crippen LogP contribution in [0.5, 0.6) is 0 Å². The molecule has 0 heterocycles. The quantitative estimate of drug-likeness (QED) is 0.678. The highest BCUT2D eigenvalue weighted by Crippen LogP contribution is 2.08. The number of carboxylic acids is 1. The van der Waals surface area contributed by atoms with E-state index in [0.29, 0.717) is 0 Å². The van der Waals surface area contributed by atoms with Crippen molar-refractivity contribution in [2.45, 2.75) is 0 Å². The van der Waals surface area contributed by atoms with E-state index in [-0.39, 0.29) is 16.6 Å². The number of hydrogen-bond donors (Lipinski definition) is 1. The number of carboxylic acid groups (broad SMARTS) is 1. The predicted octanol–water partition coefficient (Wildman–Crippen LogP) is 2.04. The summed E-state index contributed by atoms with van der Waals surface area (Å²) < 4.78 is 7.16. The van der Waals surface area contributed by atoms with Gasteiger partial charge >= 0.3 is 5.97 Å². The second kappa shape index (κ2) is 2.71. The van der Waals surface area contributed by atoms with Gasteiger partial charge in [0.15, 0.2) is 0 Å². The first kappa shape index (κ1) is 5.74. The Morgan fingerprint density at radius 3 is 2.80 bits per heavy atom. The van der Waals surface area contributed by atoms with Crippen LogP contribution in [-0.4, -0.2) is 11.1 Å². The summed E-state index contributed by atoms with van der Waals surface area (Å²) in [6, 6.07) is 4.01. The van der Waals surface area contributed by atoms with E-state index < -0.39 is 5.97 Å². The molecule has 1 aromatic carbocycles. The third kappa shape index (κ3) is 1.48. The summed E-state index contributed by atoms with van der Waals surface area (Å²) in [6.07, 6.45) is 0. The summed E-state index contributed by atoms with van der Waals surface area (Å²) in [6.45, 7) is 0. The number of halogens is 1. The van der Waals surface area contributed by atoms with Crippen LogP contribution in [0.25, 0.3) is 0 Å². The van der Waals surface area contributed by atoms with Crippen molar-refractivity contribution in [3.8, 4) is 0 Å². The zero-order chi connectivity index (χ0) is 8.43. The molecule has 0 unspecified atom stereocenters. The van der Waals surface area contributed by atoms with Crippen molar-refractivity contribution >= 4 is 17.6 Å². The Kier molecular flexibility index (Phi) is 1.56. The van der Waals surface area contributed by atoms with Crippen LogP contribution < -0.4 is 0 Å². The van der Waals surface area contributed by atoms with Crippen LogP contribution in [0.1, 0.15) is 11.7 Å². The van der Waals surface area contributed by atoms with Crippen molar-refractivity contribution in [3.63, 3.8) is 0 Å². The van der Waals surface area contributed by atoms with Crippen molar-refractivity contribution in [1.82, 2.24) is 0 Å². The Morgan fingerprint density at radius 2 is 2.30 bits per heavy atom. The van der Waals surface area contributed by atoms with Crippen molar-refractivity contribution < 1.29 is 11.3 Å². The van der Waals surface area contributed by atoms with Gasteiger partial charge in [-0.1, -0.05) is 11.6 Å². The number of rotatable bonds is 1. The van der Waals surface area contributed by atoms with Crippen LogP contribution in [0.15, 0.2) is 24.2 Å². The molecule has 1 N–H and O–H groups in total. The molecule has 10 heavy (non-hydrogen) atoms. The zero-order valence-corrected chi connectivity index (χ0v) is 5.72. The topological polar surface area (TPSA) is 37.3 Å². The Hall–Kier alpha value is -1.02. The second-order valence-corrected chi connectivity index (χ2v) is 2.14. The molecule has 0 amide bonds. The minimum Gasteiger partial charge on any atom is -0.478 e.